The molecular formula is C16H17NO3S2. The molecule has 1 aliphatic rings. The van der Waals surface area contributed by atoms with Crippen LogP contribution < -0.4 is 4.90 Å². The number of nitrogens with zero attached hydrogens (tertiary/aromatic N) is 1. The van der Waals surface area contributed by atoms with Gasteiger partial charge >= 0.3 is 0 Å². The molecule has 4 nitrogen and oxygen atoms in total. The molecule has 0 spiro atoms. The third kappa shape index (κ3) is 2.68. The number of rotatable bonds is 2. The highest BCUT2D eigenvalue weighted by Crippen LogP contribution is 2.32. The normalized spacial score (nSPS) is 14.7. The predicted octanol–water partition coefficient (Wildman–Crippen LogP) is 3.05. The molecule has 1 aromatic heterocycles. The van der Waals surface area contributed by atoms with Crippen molar-refractivity contribution in [1.82, 2.24) is 0 Å². The molecule has 6 heteroatoms. The fourth-order valence-corrected chi connectivity index (χ4v) is 4.78. The van der Waals surface area contributed by atoms with Crippen molar-refractivity contribution in [2.45, 2.75) is 24.7 Å². The van der Waals surface area contributed by atoms with Crippen molar-refractivity contribution in [3.8, 4) is 0 Å². The Kier molecular flexibility index (Phi) is 3.82. The summed E-state index contributed by atoms with van der Waals surface area (Å²) < 4.78 is 23.2. The predicted molar refractivity (Wildman–Crippen MR) is 88.6 cm³/mol. The molecule has 116 valence electrons. The highest BCUT2D eigenvalue weighted by atomic mass is 32.2. The van der Waals surface area contributed by atoms with E-state index in [4.69, 9.17) is 0 Å². The summed E-state index contributed by atoms with van der Waals surface area (Å²) in [5.41, 5.74) is 3.23. The molecule has 0 bridgehead atoms. The number of sulfone groups is 1. The summed E-state index contributed by atoms with van der Waals surface area (Å²) >= 11 is 1.19. The first kappa shape index (κ1) is 15.2. The van der Waals surface area contributed by atoms with Crippen LogP contribution in [-0.2, 0) is 16.3 Å². The standard InChI is InChI=1S/C16H17NO3S2/c1-11-5-3-6-12-7-4-8-17(15(11)12)16(18)14-9-13(10-21-14)22(2,19)20/h3,5-6,9-10H,4,7-8H2,1-2H3. The van der Waals surface area contributed by atoms with Crippen molar-refractivity contribution in [3.05, 3.63) is 45.6 Å². The van der Waals surface area contributed by atoms with Gasteiger partial charge in [-0.05, 0) is 37.0 Å². The molecule has 0 atom stereocenters. The van der Waals surface area contributed by atoms with Gasteiger partial charge in [-0.3, -0.25) is 4.79 Å². The van der Waals surface area contributed by atoms with E-state index in [9.17, 15) is 13.2 Å². The number of hydrogen-bond acceptors (Lipinski definition) is 4. The van der Waals surface area contributed by atoms with Crippen LogP contribution in [0, 0.1) is 6.92 Å². The number of thiophene rings is 1. The molecule has 1 aliphatic heterocycles. The number of fused-ring (bicyclic) bond motifs is 1. The Labute approximate surface area is 134 Å². The van der Waals surface area contributed by atoms with E-state index in [0.29, 0.717) is 11.4 Å². The van der Waals surface area contributed by atoms with Gasteiger partial charge in [0.2, 0.25) is 0 Å². The van der Waals surface area contributed by atoms with Crippen LogP contribution >= 0.6 is 11.3 Å². The lowest BCUT2D eigenvalue weighted by Crippen LogP contribution is -2.35. The smallest absolute Gasteiger partial charge is 0.268 e. The van der Waals surface area contributed by atoms with Gasteiger partial charge in [0.1, 0.15) is 0 Å². The van der Waals surface area contributed by atoms with Crippen molar-refractivity contribution in [2.24, 2.45) is 0 Å². The van der Waals surface area contributed by atoms with Crippen molar-refractivity contribution >= 4 is 32.8 Å². The lowest BCUT2D eigenvalue weighted by Gasteiger charge is -2.30. The molecule has 0 N–H and O–H groups in total. The Balaban J connectivity index is 2.00. The second-order valence-electron chi connectivity index (χ2n) is 5.56. The first-order chi connectivity index (χ1) is 10.4. The van der Waals surface area contributed by atoms with E-state index in [1.807, 2.05) is 19.1 Å². The quantitative estimate of drug-likeness (QED) is 0.847. The van der Waals surface area contributed by atoms with E-state index < -0.39 is 9.84 Å². The SMILES string of the molecule is Cc1cccc2c1N(C(=O)c1cc(S(C)(=O)=O)cs1)CCC2. The minimum atomic E-state index is -3.28. The molecule has 0 saturated carbocycles. The lowest BCUT2D eigenvalue weighted by molar-refractivity contribution is 0.0988. The van der Waals surface area contributed by atoms with Gasteiger partial charge in [-0.15, -0.1) is 11.3 Å². The number of carbonyl (C=O) groups is 1. The number of benzene rings is 1. The fraction of sp³-hybridized carbons (Fsp3) is 0.312. The minimum absolute atomic E-state index is 0.116. The number of anilines is 1. The highest BCUT2D eigenvalue weighted by Gasteiger charge is 2.26. The Morgan fingerprint density at radius 1 is 1.32 bits per heavy atom. The van der Waals surface area contributed by atoms with Crippen LogP contribution in [0.5, 0.6) is 0 Å². The van der Waals surface area contributed by atoms with Gasteiger partial charge in [0.15, 0.2) is 9.84 Å². The topological polar surface area (TPSA) is 54.5 Å². The van der Waals surface area contributed by atoms with Crippen LogP contribution in [0.4, 0.5) is 5.69 Å². The summed E-state index contributed by atoms with van der Waals surface area (Å²) in [5.74, 6) is -0.116. The molecule has 1 aromatic carbocycles. The molecule has 0 aliphatic carbocycles. The number of para-hydroxylation sites is 1. The van der Waals surface area contributed by atoms with Gasteiger partial charge in [-0.1, -0.05) is 18.2 Å². The molecule has 22 heavy (non-hydrogen) atoms. The van der Waals surface area contributed by atoms with Crippen LogP contribution in [-0.4, -0.2) is 27.1 Å². The summed E-state index contributed by atoms with van der Waals surface area (Å²) in [6, 6.07) is 7.54. The average molecular weight is 335 g/mol. The Morgan fingerprint density at radius 2 is 2.09 bits per heavy atom. The maximum atomic E-state index is 12.8. The fourth-order valence-electron chi connectivity index (χ4n) is 2.81. The van der Waals surface area contributed by atoms with Gasteiger partial charge < -0.3 is 4.90 Å². The summed E-state index contributed by atoms with van der Waals surface area (Å²) in [6.07, 6.45) is 3.05. The van der Waals surface area contributed by atoms with Crippen LogP contribution in [0.3, 0.4) is 0 Å². The van der Waals surface area contributed by atoms with Gasteiger partial charge in [-0.2, -0.15) is 0 Å². The lowest BCUT2D eigenvalue weighted by atomic mass is 9.98. The zero-order chi connectivity index (χ0) is 15.9. The zero-order valence-electron chi connectivity index (χ0n) is 12.5. The molecule has 0 saturated heterocycles. The van der Waals surface area contributed by atoms with Crippen LogP contribution in [0.15, 0.2) is 34.5 Å². The van der Waals surface area contributed by atoms with Crippen LogP contribution in [0.25, 0.3) is 0 Å². The van der Waals surface area contributed by atoms with Crippen molar-refractivity contribution in [2.75, 3.05) is 17.7 Å². The molecule has 0 fully saturated rings. The summed E-state index contributed by atoms with van der Waals surface area (Å²) in [7, 11) is -3.28. The van der Waals surface area contributed by atoms with Crippen molar-refractivity contribution in [3.63, 3.8) is 0 Å². The highest BCUT2D eigenvalue weighted by molar-refractivity contribution is 7.90. The maximum Gasteiger partial charge on any atom is 0.268 e. The molecule has 1 amide bonds. The van der Waals surface area contributed by atoms with E-state index in [2.05, 4.69) is 6.07 Å². The molecule has 0 unspecified atom stereocenters. The van der Waals surface area contributed by atoms with Gasteiger partial charge in [0.25, 0.3) is 5.91 Å². The van der Waals surface area contributed by atoms with Gasteiger partial charge in [0, 0.05) is 18.2 Å². The van der Waals surface area contributed by atoms with E-state index in [1.54, 1.807) is 4.90 Å². The monoisotopic (exact) mass is 335 g/mol. The van der Waals surface area contributed by atoms with Crippen LogP contribution in [0.1, 0.15) is 27.2 Å². The number of amides is 1. The van der Waals surface area contributed by atoms with E-state index in [0.717, 1.165) is 30.3 Å². The second-order valence-corrected chi connectivity index (χ2v) is 8.49. The molecule has 3 rings (SSSR count). The molecule has 2 aromatic rings. The van der Waals surface area contributed by atoms with Gasteiger partial charge in [0.05, 0.1) is 15.5 Å². The first-order valence-corrected chi connectivity index (χ1v) is 9.84. The first-order valence-electron chi connectivity index (χ1n) is 7.07. The molecule has 0 radical (unpaired) electrons. The van der Waals surface area contributed by atoms with E-state index >= 15 is 0 Å². The Hall–Kier alpha value is -1.66. The molecular weight excluding hydrogens is 318 g/mol. The third-order valence-electron chi connectivity index (χ3n) is 3.88. The number of aryl methyl sites for hydroxylation is 2. The van der Waals surface area contributed by atoms with Crippen molar-refractivity contribution in [1.29, 1.82) is 0 Å². The average Bonchev–Trinajstić information content (AvgIpc) is 2.96. The minimum Gasteiger partial charge on any atom is -0.307 e. The zero-order valence-corrected chi connectivity index (χ0v) is 14.1. The van der Waals surface area contributed by atoms with E-state index in [1.165, 1.54) is 28.3 Å². The summed E-state index contributed by atoms with van der Waals surface area (Å²) in [4.78, 5) is 15.3. The summed E-state index contributed by atoms with van der Waals surface area (Å²) in [6.45, 7) is 2.67. The van der Waals surface area contributed by atoms with Crippen LogP contribution in [0.2, 0.25) is 0 Å². The Bertz CT molecular complexity index is 837. The van der Waals surface area contributed by atoms with Gasteiger partial charge in [-0.25, -0.2) is 8.42 Å². The largest absolute Gasteiger partial charge is 0.307 e. The maximum absolute atomic E-state index is 12.8. The third-order valence-corrected chi connectivity index (χ3v) is 6.04. The molecule has 2 heterocycles. The second kappa shape index (κ2) is 5.52. The summed E-state index contributed by atoms with van der Waals surface area (Å²) in [5, 5.41) is 1.53. The number of carbonyl (C=O) groups excluding carboxylic acids is 1. The number of hydrogen-bond donors (Lipinski definition) is 0. The Morgan fingerprint density at radius 3 is 2.77 bits per heavy atom. The van der Waals surface area contributed by atoms with E-state index in [-0.39, 0.29) is 10.8 Å². The van der Waals surface area contributed by atoms with Crippen molar-refractivity contribution < 1.29 is 13.2 Å².